The van der Waals surface area contributed by atoms with Gasteiger partial charge in [-0.25, -0.2) is 38.3 Å². The molecule has 0 spiro atoms. The van der Waals surface area contributed by atoms with Gasteiger partial charge in [-0.2, -0.15) is 0 Å². The topological polar surface area (TPSA) is 218 Å². The highest BCUT2D eigenvalue weighted by Gasteiger charge is 2.52. The van der Waals surface area contributed by atoms with Crippen LogP contribution in [0.4, 0.5) is 10.2 Å². The minimum absolute atomic E-state index is 0.0310. The van der Waals surface area contributed by atoms with Gasteiger partial charge in [-0.3, -0.25) is 23.0 Å². The minimum Gasteiger partial charge on any atom is -0.382 e. The van der Waals surface area contributed by atoms with E-state index < -0.39 is 51.2 Å². The van der Waals surface area contributed by atoms with E-state index >= 15 is 4.39 Å². The number of nitrogen functional groups attached to an aromatic ring is 1. The lowest BCUT2D eigenvalue weighted by molar-refractivity contribution is -0.0444. The summed E-state index contributed by atoms with van der Waals surface area (Å²) in [6, 6.07) is -0.219. The number of imidazole rings is 3. The van der Waals surface area contributed by atoms with Crippen LogP contribution in [0.3, 0.4) is 0 Å². The average Bonchev–Trinajstić information content (AvgIpc) is 3.79. The summed E-state index contributed by atoms with van der Waals surface area (Å²) in [5, 5.41) is 0. The standard InChI is InChI=1S/C24H27FN10O8P2S/c1-44(37)39-5-11-4-13(34-9-30-16-19(26)28-8-29-20(16)34)12(11)6-40-45(38,46)41-7-14-15(25)18(43-44)23(42-14)35-10-31-17-21(35)32-24-27-2-3-33(24)22(17)36/h2-3,8-15,18,23H,4-7H2,1H3,(H,27,32)(H,38,46)(H2,26,28,29)/t11-,12-,13-,14-,15-,18-,23-,44+,45-/m1/s1. The summed E-state index contributed by atoms with van der Waals surface area (Å²) in [5.74, 6) is -0.105. The van der Waals surface area contributed by atoms with E-state index in [1.165, 1.54) is 40.7 Å². The first-order valence-corrected chi connectivity index (χ1v) is 18.8. The quantitative estimate of drug-likeness (QED) is 0.179. The van der Waals surface area contributed by atoms with Gasteiger partial charge in [0.25, 0.3) is 5.56 Å². The van der Waals surface area contributed by atoms with Crippen molar-refractivity contribution in [3.63, 3.8) is 0 Å². The van der Waals surface area contributed by atoms with Crippen LogP contribution in [-0.2, 0) is 32.0 Å². The van der Waals surface area contributed by atoms with Crippen LogP contribution < -0.4 is 11.3 Å². The monoisotopic (exact) mass is 696 g/mol. The van der Waals surface area contributed by atoms with Crippen LogP contribution in [0.25, 0.3) is 28.1 Å². The highest BCUT2D eigenvalue weighted by atomic mass is 32.7. The Kier molecular flexibility index (Phi) is 7.15. The van der Waals surface area contributed by atoms with E-state index in [2.05, 4.69) is 42.2 Å². The Bertz CT molecular complexity index is 2140. The lowest BCUT2D eigenvalue weighted by Gasteiger charge is -2.45. The van der Waals surface area contributed by atoms with Crippen molar-refractivity contribution in [3.05, 3.63) is 41.7 Å². The Hall–Kier alpha value is -3.22. The maximum atomic E-state index is 16.0. The molecule has 8 rings (SSSR count). The molecule has 2 bridgehead atoms. The molecule has 0 amide bonds. The predicted molar refractivity (Wildman–Crippen MR) is 161 cm³/mol. The molecule has 0 unspecified atom stereocenters. The van der Waals surface area contributed by atoms with Gasteiger partial charge in [0, 0.05) is 31.0 Å². The number of hydrogen-bond acceptors (Lipinski definition) is 14. The van der Waals surface area contributed by atoms with Crippen LogP contribution in [0, 0.1) is 11.8 Å². The number of H-pyrrole nitrogens is 1. The van der Waals surface area contributed by atoms with Crippen molar-refractivity contribution >= 4 is 60.6 Å². The summed E-state index contributed by atoms with van der Waals surface area (Å²) in [7, 11) is -3.92. The van der Waals surface area contributed by atoms with Crippen LogP contribution in [-0.4, -0.2) is 88.3 Å². The summed E-state index contributed by atoms with van der Waals surface area (Å²) in [6.45, 7) is -3.44. The SMILES string of the molecule is C[P@]1(=O)OC[C@H]2C[C@@H](n3cnc4c(N)ncnc43)[C@@H]2CO[P@@](=O)(S)OC[C@H]2O[C@@H](n3cnc4c(=O)n5ccnc5[nH]c43)[C@H](O1)[C@@H]2F. The van der Waals surface area contributed by atoms with Crippen molar-refractivity contribution in [3.8, 4) is 0 Å². The first kappa shape index (κ1) is 30.1. The molecule has 3 N–H and O–H groups in total. The lowest BCUT2D eigenvalue weighted by Crippen LogP contribution is -2.43. The van der Waals surface area contributed by atoms with E-state index in [9.17, 15) is 13.9 Å². The number of nitrogens with one attached hydrogen (secondary N) is 1. The summed E-state index contributed by atoms with van der Waals surface area (Å²) in [5.41, 5.74) is 6.65. The Labute approximate surface area is 263 Å². The number of alkyl halides is 1. The van der Waals surface area contributed by atoms with Gasteiger partial charge in [0.05, 0.1) is 32.5 Å². The number of anilines is 1. The number of aromatic nitrogens is 9. The van der Waals surface area contributed by atoms with E-state index in [0.717, 1.165) is 0 Å². The number of aromatic amines is 1. The highest BCUT2D eigenvalue weighted by Crippen LogP contribution is 2.58. The zero-order valence-corrected chi connectivity index (χ0v) is 26.6. The van der Waals surface area contributed by atoms with Gasteiger partial charge in [-0.1, -0.05) is 12.2 Å². The maximum absolute atomic E-state index is 16.0. The van der Waals surface area contributed by atoms with E-state index in [-0.39, 0.29) is 53.9 Å². The van der Waals surface area contributed by atoms with Crippen molar-refractivity contribution in [2.75, 3.05) is 32.2 Å². The van der Waals surface area contributed by atoms with Gasteiger partial charge in [-0.05, 0) is 12.3 Å². The molecule has 9 atom stereocenters. The molecule has 2 aliphatic heterocycles. The number of fused-ring (bicyclic) bond motifs is 6. The second kappa shape index (κ2) is 10.9. The van der Waals surface area contributed by atoms with Gasteiger partial charge in [0.1, 0.15) is 29.7 Å². The van der Waals surface area contributed by atoms with E-state index in [0.29, 0.717) is 17.6 Å². The average molecular weight is 697 g/mol. The van der Waals surface area contributed by atoms with Gasteiger partial charge in [-0.15, -0.1) is 0 Å². The Balaban J connectivity index is 1.10. The molecule has 3 fully saturated rings. The summed E-state index contributed by atoms with van der Waals surface area (Å²) >= 11 is 4.13. The summed E-state index contributed by atoms with van der Waals surface area (Å²) < 4.78 is 76.3. The molecule has 3 aliphatic rings. The van der Waals surface area contributed by atoms with Gasteiger partial charge in [0.2, 0.25) is 5.78 Å². The number of hydrogen-bond donors (Lipinski definition) is 3. The molecule has 5 aromatic rings. The third-order valence-corrected chi connectivity index (χ3v) is 11.6. The van der Waals surface area contributed by atoms with Gasteiger partial charge in [0.15, 0.2) is 29.4 Å². The first-order chi connectivity index (χ1) is 22.0. The van der Waals surface area contributed by atoms with Crippen molar-refractivity contribution in [2.24, 2.45) is 11.8 Å². The normalized spacial score (nSPS) is 35.7. The van der Waals surface area contributed by atoms with E-state index in [4.69, 9.17) is 28.6 Å². The van der Waals surface area contributed by atoms with Crippen LogP contribution in [0.15, 0.2) is 36.2 Å². The smallest absolute Gasteiger partial charge is 0.382 e. The molecule has 1 aliphatic carbocycles. The molecule has 7 heterocycles. The number of nitrogens with zero attached hydrogens (tertiary/aromatic N) is 8. The van der Waals surface area contributed by atoms with Crippen LogP contribution in [0.1, 0.15) is 18.7 Å². The second-order valence-electron chi connectivity index (χ2n) is 11.4. The molecule has 2 saturated heterocycles. The number of halogens is 1. The molecule has 0 radical (unpaired) electrons. The molecule has 244 valence electrons. The third kappa shape index (κ3) is 4.98. The van der Waals surface area contributed by atoms with E-state index in [1.807, 2.05) is 4.57 Å². The zero-order chi connectivity index (χ0) is 32.0. The minimum atomic E-state index is -4.02. The van der Waals surface area contributed by atoms with E-state index in [1.54, 1.807) is 6.33 Å². The molecule has 5 aromatic heterocycles. The fraction of sp³-hybridized carbons (Fsp3) is 0.500. The van der Waals surface area contributed by atoms with Crippen molar-refractivity contribution in [2.45, 2.75) is 37.1 Å². The Morgan fingerprint density at radius 2 is 1.83 bits per heavy atom. The van der Waals surface area contributed by atoms with Crippen molar-refractivity contribution in [1.82, 2.24) is 43.4 Å². The third-order valence-electron chi connectivity index (χ3n) is 8.68. The second-order valence-corrected chi connectivity index (χ2v) is 16.4. The molecule has 18 nitrogen and oxygen atoms in total. The number of nitrogens with two attached hydrogens (primary N) is 1. The molecule has 1 saturated carbocycles. The zero-order valence-electron chi connectivity index (χ0n) is 23.9. The van der Waals surface area contributed by atoms with Crippen molar-refractivity contribution < 1.29 is 36.4 Å². The van der Waals surface area contributed by atoms with Gasteiger partial charge >= 0.3 is 14.4 Å². The molecule has 22 heteroatoms. The van der Waals surface area contributed by atoms with Crippen LogP contribution in [0.2, 0.25) is 0 Å². The molecular formula is C24H27FN10O8P2S. The Morgan fingerprint density at radius 1 is 1.04 bits per heavy atom. The predicted octanol–water partition coefficient (Wildman–Crippen LogP) is 2.52. The van der Waals surface area contributed by atoms with Crippen molar-refractivity contribution in [1.29, 1.82) is 0 Å². The number of rotatable bonds is 2. The fourth-order valence-electron chi connectivity index (χ4n) is 6.30. The number of ether oxygens (including phenoxy) is 1. The number of thiol groups is 1. The maximum Gasteiger partial charge on any atom is 0.386 e. The molecule has 0 aromatic carbocycles. The molecule has 46 heavy (non-hydrogen) atoms. The first-order valence-electron chi connectivity index (χ1n) is 14.2. The Morgan fingerprint density at radius 3 is 2.67 bits per heavy atom. The summed E-state index contributed by atoms with van der Waals surface area (Å²) in [6.07, 6.45) is 1.57. The summed E-state index contributed by atoms with van der Waals surface area (Å²) in [4.78, 5) is 36.9. The van der Waals surface area contributed by atoms with Crippen LogP contribution in [0.5, 0.6) is 0 Å². The fourth-order valence-corrected chi connectivity index (χ4v) is 8.65. The lowest BCUT2D eigenvalue weighted by atomic mass is 9.70. The largest absolute Gasteiger partial charge is 0.386 e. The highest BCUT2D eigenvalue weighted by molar-refractivity contribution is 8.44. The molecular weight excluding hydrogens is 669 g/mol. The van der Waals surface area contributed by atoms with Gasteiger partial charge < -0.3 is 29.1 Å². The van der Waals surface area contributed by atoms with Crippen LogP contribution >= 0.6 is 26.6 Å².